The fourth-order valence-electron chi connectivity index (χ4n) is 2.12. The van der Waals surface area contributed by atoms with Crippen molar-refractivity contribution in [2.45, 2.75) is 19.8 Å². The minimum Gasteiger partial charge on any atom is -0.494 e. The number of carboxylic acid groups (broad SMARTS) is 1. The Balaban J connectivity index is 1.71. The predicted octanol–water partition coefficient (Wildman–Crippen LogP) is 4.62. The number of aryl methyl sites for hydroxylation is 1. The van der Waals surface area contributed by atoms with Crippen LogP contribution in [0.5, 0.6) is 5.75 Å². The summed E-state index contributed by atoms with van der Waals surface area (Å²) in [4.78, 5) is 11.2. The van der Waals surface area contributed by atoms with Crippen LogP contribution in [0.25, 0.3) is 0 Å². The molecule has 2 aromatic rings. The van der Waals surface area contributed by atoms with Gasteiger partial charge in [-0.05, 0) is 50.1 Å². The number of ether oxygens (including phenoxy) is 1. The molecular weight excluding hydrogens is 314 g/mol. The van der Waals surface area contributed by atoms with Crippen molar-refractivity contribution in [2.75, 3.05) is 18.5 Å². The smallest absolute Gasteiger partial charge is 0.337 e. The lowest BCUT2D eigenvalue weighted by Gasteiger charge is -2.10. The summed E-state index contributed by atoms with van der Waals surface area (Å²) in [6.45, 7) is 3.36. The Kier molecular flexibility index (Phi) is 6.29. The molecule has 2 N–H and O–H groups in total. The third-order valence-electron chi connectivity index (χ3n) is 3.39. The minimum absolute atomic E-state index is 0.188. The predicted molar refractivity (Wildman–Crippen MR) is 92.8 cm³/mol. The van der Waals surface area contributed by atoms with Crippen LogP contribution in [-0.4, -0.2) is 24.2 Å². The van der Waals surface area contributed by atoms with Gasteiger partial charge in [0, 0.05) is 17.3 Å². The van der Waals surface area contributed by atoms with Crippen molar-refractivity contribution in [1.29, 1.82) is 0 Å². The van der Waals surface area contributed by atoms with Crippen LogP contribution in [0.1, 0.15) is 28.8 Å². The maximum Gasteiger partial charge on any atom is 0.337 e. The van der Waals surface area contributed by atoms with Crippen LogP contribution >= 0.6 is 11.6 Å². The summed E-state index contributed by atoms with van der Waals surface area (Å²) < 4.78 is 5.65. The van der Waals surface area contributed by atoms with Gasteiger partial charge in [0.05, 0.1) is 12.2 Å². The van der Waals surface area contributed by atoms with Crippen molar-refractivity contribution < 1.29 is 14.6 Å². The molecule has 0 atom stereocenters. The van der Waals surface area contributed by atoms with Crippen LogP contribution in [-0.2, 0) is 0 Å². The van der Waals surface area contributed by atoms with E-state index in [2.05, 4.69) is 5.32 Å². The van der Waals surface area contributed by atoms with E-state index in [1.165, 1.54) is 11.6 Å². The van der Waals surface area contributed by atoms with E-state index in [-0.39, 0.29) is 5.56 Å². The molecule has 0 bridgehead atoms. The molecule has 0 amide bonds. The second-order valence-electron chi connectivity index (χ2n) is 5.29. The summed E-state index contributed by atoms with van der Waals surface area (Å²) in [6, 6.07) is 12.8. The Morgan fingerprint density at radius 3 is 2.61 bits per heavy atom. The van der Waals surface area contributed by atoms with E-state index in [1.54, 1.807) is 12.1 Å². The average molecular weight is 334 g/mol. The molecule has 5 heteroatoms. The number of rotatable bonds is 8. The number of hydrogen-bond acceptors (Lipinski definition) is 3. The Bertz CT molecular complexity index is 656. The zero-order valence-electron chi connectivity index (χ0n) is 13.0. The zero-order valence-corrected chi connectivity index (χ0v) is 13.8. The molecule has 0 aliphatic carbocycles. The third kappa shape index (κ3) is 5.49. The van der Waals surface area contributed by atoms with Crippen LogP contribution in [0.2, 0.25) is 5.02 Å². The summed E-state index contributed by atoms with van der Waals surface area (Å²) in [6.07, 6.45) is 1.77. The van der Waals surface area contributed by atoms with Gasteiger partial charge < -0.3 is 15.2 Å². The summed E-state index contributed by atoms with van der Waals surface area (Å²) in [5.74, 6) is -0.118. The number of benzene rings is 2. The topological polar surface area (TPSA) is 58.6 Å². The summed E-state index contributed by atoms with van der Waals surface area (Å²) in [7, 11) is 0. The molecular formula is C18H20ClNO3. The van der Waals surface area contributed by atoms with E-state index in [0.29, 0.717) is 23.9 Å². The summed E-state index contributed by atoms with van der Waals surface area (Å²) >= 11 is 5.82. The largest absolute Gasteiger partial charge is 0.494 e. The first kappa shape index (κ1) is 17.2. The molecule has 0 heterocycles. The van der Waals surface area contributed by atoms with Gasteiger partial charge in [0.15, 0.2) is 0 Å². The molecule has 0 saturated heterocycles. The molecule has 0 aliphatic heterocycles. The lowest BCUT2D eigenvalue weighted by molar-refractivity contribution is 0.0698. The molecule has 0 saturated carbocycles. The van der Waals surface area contributed by atoms with Gasteiger partial charge in [-0.25, -0.2) is 4.79 Å². The quantitative estimate of drug-likeness (QED) is 0.692. The van der Waals surface area contributed by atoms with Crippen LogP contribution in [0, 0.1) is 6.92 Å². The first-order valence-corrected chi connectivity index (χ1v) is 7.90. The molecule has 0 aliphatic rings. The van der Waals surface area contributed by atoms with Gasteiger partial charge in [-0.2, -0.15) is 0 Å². The molecule has 2 rings (SSSR count). The first-order chi connectivity index (χ1) is 11.1. The highest BCUT2D eigenvalue weighted by atomic mass is 35.5. The Morgan fingerprint density at radius 2 is 1.91 bits per heavy atom. The zero-order chi connectivity index (χ0) is 16.7. The summed E-state index contributed by atoms with van der Waals surface area (Å²) in [5.41, 5.74) is 1.98. The summed E-state index contributed by atoms with van der Waals surface area (Å²) in [5, 5.41) is 12.7. The number of anilines is 1. The van der Waals surface area contributed by atoms with Gasteiger partial charge in [-0.15, -0.1) is 0 Å². The number of unbranched alkanes of at least 4 members (excludes halogenated alkanes) is 1. The molecule has 4 nitrogen and oxygen atoms in total. The van der Waals surface area contributed by atoms with Crippen LogP contribution < -0.4 is 10.1 Å². The Hall–Kier alpha value is -2.20. The van der Waals surface area contributed by atoms with Crippen molar-refractivity contribution in [2.24, 2.45) is 0 Å². The van der Waals surface area contributed by atoms with E-state index in [0.717, 1.165) is 18.6 Å². The highest BCUT2D eigenvalue weighted by Gasteiger charge is 2.10. The SMILES string of the molecule is Cc1ccc(OCCCCNc2ccc(Cl)cc2C(=O)O)cc1. The lowest BCUT2D eigenvalue weighted by Crippen LogP contribution is -2.09. The highest BCUT2D eigenvalue weighted by molar-refractivity contribution is 6.31. The second-order valence-corrected chi connectivity index (χ2v) is 5.73. The molecule has 122 valence electrons. The number of nitrogens with one attached hydrogen (secondary N) is 1. The lowest BCUT2D eigenvalue weighted by atomic mass is 10.1. The van der Waals surface area contributed by atoms with Crippen molar-refractivity contribution >= 4 is 23.3 Å². The number of aromatic carboxylic acids is 1. The fourth-order valence-corrected chi connectivity index (χ4v) is 2.29. The third-order valence-corrected chi connectivity index (χ3v) is 3.62. The monoisotopic (exact) mass is 333 g/mol. The van der Waals surface area contributed by atoms with Crippen molar-refractivity contribution in [1.82, 2.24) is 0 Å². The van der Waals surface area contributed by atoms with Gasteiger partial charge in [-0.1, -0.05) is 29.3 Å². The molecule has 0 aromatic heterocycles. The van der Waals surface area contributed by atoms with Crippen LogP contribution in [0.4, 0.5) is 5.69 Å². The van der Waals surface area contributed by atoms with Crippen LogP contribution in [0.3, 0.4) is 0 Å². The van der Waals surface area contributed by atoms with Gasteiger partial charge >= 0.3 is 5.97 Å². The molecule has 2 aromatic carbocycles. The Morgan fingerprint density at radius 1 is 1.17 bits per heavy atom. The van der Waals surface area contributed by atoms with Crippen LogP contribution in [0.15, 0.2) is 42.5 Å². The number of carbonyl (C=O) groups is 1. The number of hydrogen-bond donors (Lipinski definition) is 2. The normalized spacial score (nSPS) is 10.3. The average Bonchev–Trinajstić information content (AvgIpc) is 2.53. The highest BCUT2D eigenvalue weighted by Crippen LogP contribution is 2.20. The van der Waals surface area contributed by atoms with E-state index in [9.17, 15) is 4.79 Å². The van der Waals surface area contributed by atoms with E-state index in [4.69, 9.17) is 21.4 Å². The van der Waals surface area contributed by atoms with Gasteiger partial charge in [0.25, 0.3) is 0 Å². The van der Waals surface area contributed by atoms with E-state index in [1.807, 2.05) is 31.2 Å². The standard InChI is InChI=1S/C18H20ClNO3/c1-13-4-7-15(8-5-13)23-11-3-2-10-20-17-9-6-14(19)12-16(17)18(21)22/h4-9,12,20H,2-3,10-11H2,1H3,(H,21,22). The number of carboxylic acids is 1. The molecule has 0 spiro atoms. The first-order valence-electron chi connectivity index (χ1n) is 7.52. The van der Waals surface area contributed by atoms with E-state index >= 15 is 0 Å². The van der Waals surface area contributed by atoms with Crippen molar-refractivity contribution in [3.63, 3.8) is 0 Å². The molecule has 23 heavy (non-hydrogen) atoms. The minimum atomic E-state index is -0.988. The van der Waals surface area contributed by atoms with E-state index < -0.39 is 5.97 Å². The van der Waals surface area contributed by atoms with Gasteiger partial charge in [0.2, 0.25) is 0 Å². The Labute approximate surface area is 141 Å². The molecule has 0 radical (unpaired) electrons. The van der Waals surface area contributed by atoms with Crippen molar-refractivity contribution in [3.8, 4) is 5.75 Å². The molecule has 0 fully saturated rings. The number of halogens is 1. The van der Waals surface area contributed by atoms with Gasteiger partial charge in [-0.3, -0.25) is 0 Å². The van der Waals surface area contributed by atoms with Gasteiger partial charge in [0.1, 0.15) is 5.75 Å². The van der Waals surface area contributed by atoms with Crippen molar-refractivity contribution in [3.05, 3.63) is 58.6 Å². The fraction of sp³-hybridized carbons (Fsp3) is 0.278. The maximum atomic E-state index is 11.2. The maximum absolute atomic E-state index is 11.2. The molecule has 0 unspecified atom stereocenters. The second kappa shape index (κ2) is 8.44.